The van der Waals surface area contributed by atoms with E-state index in [1.165, 1.54) is 6.07 Å². The van der Waals surface area contributed by atoms with E-state index in [1.807, 2.05) is 42.5 Å². The van der Waals surface area contributed by atoms with Crippen LogP contribution in [0.25, 0.3) is 11.1 Å². The normalized spacial score (nSPS) is 13.9. The molecule has 28 heavy (non-hydrogen) atoms. The molecule has 3 aromatic rings. The second kappa shape index (κ2) is 8.05. The third-order valence-electron chi connectivity index (χ3n) is 4.66. The summed E-state index contributed by atoms with van der Waals surface area (Å²) in [5, 5.41) is 11.2. The van der Waals surface area contributed by atoms with Crippen LogP contribution in [0.1, 0.15) is 18.1 Å². The molecule has 146 valence electrons. The first-order chi connectivity index (χ1) is 13.2. The van der Waals surface area contributed by atoms with Crippen LogP contribution in [0.15, 0.2) is 77.7 Å². The van der Waals surface area contributed by atoms with Crippen molar-refractivity contribution in [2.75, 3.05) is 6.54 Å². The van der Waals surface area contributed by atoms with E-state index in [9.17, 15) is 13.5 Å². The van der Waals surface area contributed by atoms with Gasteiger partial charge in [-0.15, -0.1) is 0 Å². The van der Waals surface area contributed by atoms with Crippen LogP contribution in [0.5, 0.6) is 0 Å². The minimum Gasteiger partial charge on any atom is -0.384 e. The molecular formula is C22H22ClNO3S. The molecule has 1 atom stereocenters. The predicted octanol–water partition coefficient (Wildman–Crippen LogP) is 4.50. The first kappa shape index (κ1) is 20.6. The molecule has 0 spiro atoms. The molecule has 0 bridgehead atoms. The summed E-state index contributed by atoms with van der Waals surface area (Å²) in [6.07, 6.45) is 0. The smallest absolute Gasteiger partial charge is 0.240 e. The van der Waals surface area contributed by atoms with Crippen molar-refractivity contribution in [2.45, 2.75) is 24.3 Å². The first-order valence-corrected chi connectivity index (χ1v) is 10.7. The highest BCUT2D eigenvalue weighted by Gasteiger charge is 2.27. The Morgan fingerprint density at radius 1 is 0.964 bits per heavy atom. The monoisotopic (exact) mass is 415 g/mol. The van der Waals surface area contributed by atoms with Crippen LogP contribution in [-0.4, -0.2) is 20.1 Å². The molecule has 3 rings (SSSR count). The first-order valence-electron chi connectivity index (χ1n) is 8.83. The van der Waals surface area contributed by atoms with Crippen molar-refractivity contribution in [1.29, 1.82) is 0 Å². The largest absolute Gasteiger partial charge is 0.384 e. The lowest BCUT2D eigenvalue weighted by molar-refractivity contribution is 0.0627. The van der Waals surface area contributed by atoms with Crippen LogP contribution < -0.4 is 4.72 Å². The lowest BCUT2D eigenvalue weighted by Crippen LogP contribution is -2.38. The number of rotatable bonds is 6. The fourth-order valence-corrected chi connectivity index (χ4v) is 4.57. The molecule has 0 aliphatic carbocycles. The van der Waals surface area contributed by atoms with Crippen molar-refractivity contribution >= 4 is 21.6 Å². The molecule has 1 unspecified atom stereocenters. The molecule has 0 aliphatic heterocycles. The molecule has 3 aromatic carbocycles. The summed E-state index contributed by atoms with van der Waals surface area (Å²) >= 11 is 5.93. The number of aliphatic hydroxyl groups is 1. The maximum atomic E-state index is 12.6. The van der Waals surface area contributed by atoms with Gasteiger partial charge in [0.1, 0.15) is 5.60 Å². The zero-order chi connectivity index (χ0) is 20.4. The van der Waals surface area contributed by atoms with Gasteiger partial charge in [0, 0.05) is 11.6 Å². The maximum absolute atomic E-state index is 12.6. The van der Waals surface area contributed by atoms with Gasteiger partial charge in [0.25, 0.3) is 0 Å². The average Bonchev–Trinajstić information content (AvgIpc) is 2.69. The second-order valence-electron chi connectivity index (χ2n) is 6.95. The zero-order valence-electron chi connectivity index (χ0n) is 15.7. The number of sulfonamides is 1. The summed E-state index contributed by atoms with van der Waals surface area (Å²) in [5.41, 5.74) is 1.94. The van der Waals surface area contributed by atoms with Crippen molar-refractivity contribution in [3.63, 3.8) is 0 Å². The van der Waals surface area contributed by atoms with Crippen LogP contribution in [0, 0.1) is 6.92 Å². The second-order valence-corrected chi connectivity index (χ2v) is 9.12. The lowest BCUT2D eigenvalue weighted by Gasteiger charge is -2.25. The molecule has 0 saturated heterocycles. The van der Waals surface area contributed by atoms with E-state index in [4.69, 9.17) is 11.6 Å². The highest BCUT2D eigenvalue weighted by Crippen LogP contribution is 2.26. The number of hydrogen-bond donors (Lipinski definition) is 2. The SMILES string of the molecule is Cc1ccc(Cl)cc1S(=O)(=O)NCC(C)(O)c1ccc(-c2ccccc2)cc1. The van der Waals surface area contributed by atoms with Gasteiger partial charge in [0.2, 0.25) is 10.0 Å². The Morgan fingerprint density at radius 2 is 1.57 bits per heavy atom. The van der Waals surface area contributed by atoms with Gasteiger partial charge in [-0.05, 0) is 48.2 Å². The Labute approximate surface area is 170 Å². The molecule has 0 aliphatic rings. The molecule has 0 radical (unpaired) electrons. The van der Waals surface area contributed by atoms with E-state index >= 15 is 0 Å². The quantitative estimate of drug-likeness (QED) is 0.622. The average molecular weight is 416 g/mol. The molecule has 4 nitrogen and oxygen atoms in total. The van der Waals surface area contributed by atoms with Crippen molar-refractivity contribution in [1.82, 2.24) is 4.72 Å². The molecule has 0 heterocycles. The topological polar surface area (TPSA) is 66.4 Å². The summed E-state index contributed by atoms with van der Waals surface area (Å²) in [6.45, 7) is 3.12. The number of nitrogens with one attached hydrogen (secondary N) is 1. The minimum absolute atomic E-state index is 0.107. The van der Waals surface area contributed by atoms with Gasteiger partial charge in [0.15, 0.2) is 0 Å². The van der Waals surface area contributed by atoms with Crippen LogP contribution in [0.4, 0.5) is 0 Å². The van der Waals surface area contributed by atoms with Crippen LogP contribution in [0.3, 0.4) is 0 Å². The van der Waals surface area contributed by atoms with Gasteiger partial charge in [-0.1, -0.05) is 72.3 Å². The van der Waals surface area contributed by atoms with Gasteiger partial charge >= 0.3 is 0 Å². The number of benzene rings is 3. The van der Waals surface area contributed by atoms with Gasteiger partial charge < -0.3 is 5.11 Å². The minimum atomic E-state index is -3.80. The van der Waals surface area contributed by atoms with Crippen molar-refractivity contribution in [2.24, 2.45) is 0 Å². The summed E-state index contributed by atoms with van der Waals surface area (Å²) < 4.78 is 27.8. The van der Waals surface area contributed by atoms with Crippen molar-refractivity contribution in [3.8, 4) is 11.1 Å². The highest BCUT2D eigenvalue weighted by molar-refractivity contribution is 7.89. The fraction of sp³-hybridized carbons (Fsp3) is 0.182. The molecule has 6 heteroatoms. The zero-order valence-corrected chi connectivity index (χ0v) is 17.3. The number of halogens is 1. The van der Waals surface area contributed by atoms with Crippen LogP contribution in [-0.2, 0) is 15.6 Å². The molecule has 0 aromatic heterocycles. The van der Waals surface area contributed by atoms with Gasteiger partial charge in [-0.3, -0.25) is 0 Å². The van der Waals surface area contributed by atoms with Crippen LogP contribution in [0.2, 0.25) is 5.02 Å². The van der Waals surface area contributed by atoms with E-state index < -0.39 is 15.6 Å². The van der Waals surface area contributed by atoms with E-state index in [1.54, 1.807) is 38.1 Å². The molecular weight excluding hydrogens is 394 g/mol. The van der Waals surface area contributed by atoms with E-state index in [-0.39, 0.29) is 11.4 Å². The molecule has 0 fully saturated rings. The summed E-state index contributed by atoms with van der Waals surface area (Å²) in [5.74, 6) is 0. The van der Waals surface area contributed by atoms with Crippen molar-refractivity contribution in [3.05, 3.63) is 88.9 Å². The Morgan fingerprint density at radius 3 is 2.21 bits per heavy atom. The van der Waals surface area contributed by atoms with Crippen LogP contribution >= 0.6 is 11.6 Å². The Kier molecular flexibility index (Phi) is 5.91. The Hall–Kier alpha value is -2.18. The Balaban J connectivity index is 1.77. The molecule has 0 amide bonds. The lowest BCUT2D eigenvalue weighted by atomic mass is 9.94. The standard InChI is InChI=1S/C22H22ClNO3S/c1-16-8-13-20(23)14-21(16)28(26,27)24-15-22(2,25)19-11-9-18(10-12-19)17-6-4-3-5-7-17/h3-14,24-25H,15H2,1-2H3. The summed E-state index contributed by atoms with van der Waals surface area (Å²) in [7, 11) is -3.80. The van der Waals surface area contributed by atoms with Gasteiger partial charge in [0.05, 0.1) is 4.90 Å². The summed E-state index contributed by atoms with van der Waals surface area (Å²) in [4.78, 5) is 0.107. The highest BCUT2D eigenvalue weighted by atomic mass is 35.5. The van der Waals surface area contributed by atoms with Gasteiger partial charge in [-0.25, -0.2) is 13.1 Å². The van der Waals surface area contributed by atoms with Gasteiger partial charge in [-0.2, -0.15) is 0 Å². The number of hydrogen-bond acceptors (Lipinski definition) is 3. The fourth-order valence-electron chi connectivity index (χ4n) is 2.93. The van der Waals surface area contributed by atoms with E-state index in [2.05, 4.69) is 4.72 Å². The number of aryl methyl sites for hydroxylation is 1. The summed E-state index contributed by atoms with van der Waals surface area (Å²) in [6, 6.07) is 22.0. The third-order valence-corrected chi connectivity index (χ3v) is 6.44. The third kappa shape index (κ3) is 4.62. The van der Waals surface area contributed by atoms with E-state index in [0.717, 1.165) is 11.1 Å². The Bertz CT molecular complexity index is 1060. The van der Waals surface area contributed by atoms with E-state index in [0.29, 0.717) is 16.1 Å². The molecule has 0 saturated carbocycles. The molecule has 2 N–H and O–H groups in total. The maximum Gasteiger partial charge on any atom is 0.240 e. The predicted molar refractivity (Wildman–Crippen MR) is 113 cm³/mol. The van der Waals surface area contributed by atoms with Crippen molar-refractivity contribution < 1.29 is 13.5 Å².